The van der Waals surface area contributed by atoms with Crippen molar-refractivity contribution < 1.29 is 19.3 Å². The average Bonchev–Trinajstić information content (AvgIpc) is 3.46. The van der Waals surface area contributed by atoms with Crippen LogP contribution in [0.2, 0.25) is 0 Å². The maximum absolute atomic E-state index is 12.9. The fourth-order valence-corrected chi connectivity index (χ4v) is 11.1. The lowest BCUT2D eigenvalue weighted by Crippen LogP contribution is -2.73. The Morgan fingerprint density at radius 3 is 2.22 bits per heavy atom. The number of carbonyl (C=O) groups excluding carboxylic acids is 1. The SMILES string of the molecule is CCCCC/C=C\C/C=C\CCCCCCCC(=O)O[C@H]1CC[C@]2(C)C3CC[C@@]4(C)C(CC[C@@H]4[C@H](C)C=C[C@H](C)C(C)C)[C@@]34C=C[C@]2(C1)OO4. The second kappa shape index (κ2) is 17.5. The van der Waals surface area contributed by atoms with E-state index >= 15 is 0 Å². The molecule has 0 radical (unpaired) electrons. The molecule has 2 spiro atoms. The molecule has 0 N–H and O–H groups in total. The number of rotatable bonds is 19. The van der Waals surface area contributed by atoms with Crippen molar-refractivity contribution in [2.75, 3.05) is 0 Å². The molecule has 282 valence electrons. The van der Waals surface area contributed by atoms with Crippen molar-refractivity contribution in [2.24, 2.45) is 46.3 Å². The van der Waals surface area contributed by atoms with E-state index in [9.17, 15) is 4.79 Å². The van der Waals surface area contributed by atoms with Gasteiger partial charge in [-0.2, -0.15) is 0 Å². The third-order valence-electron chi connectivity index (χ3n) is 14.7. The maximum Gasteiger partial charge on any atom is 0.306 e. The van der Waals surface area contributed by atoms with Crippen molar-refractivity contribution in [1.82, 2.24) is 0 Å². The van der Waals surface area contributed by atoms with E-state index in [-0.39, 0.29) is 28.5 Å². The van der Waals surface area contributed by atoms with Gasteiger partial charge in [0, 0.05) is 30.1 Å². The fourth-order valence-electron chi connectivity index (χ4n) is 11.1. The van der Waals surface area contributed by atoms with Crippen LogP contribution in [0.25, 0.3) is 0 Å². The van der Waals surface area contributed by atoms with Gasteiger partial charge in [-0.15, -0.1) is 0 Å². The minimum Gasteiger partial charge on any atom is -0.462 e. The van der Waals surface area contributed by atoms with E-state index in [4.69, 9.17) is 14.5 Å². The predicted octanol–water partition coefficient (Wildman–Crippen LogP) is 12.8. The van der Waals surface area contributed by atoms with Crippen LogP contribution in [0, 0.1) is 46.3 Å². The largest absolute Gasteiger partial charge is 0.462 e. The van der Waals surface area contributed by atoms with Crippen LogP contribution >= 0.6 is 0 Å². The fraction of sp³-hybridized carbons (Fsp3) is 0.804. The summed E-state index contributed by atoms with van der Waals surface area (Å²) in [5.74, 6) is 3.41. The van der Waals surface area contributed by atoms with Gasteiger partial charge in [0.1, 0.15) is 17.3 Å². The van der Waals surface area contributed by atoms with Crippen LogP contribution in [-0.2, 0) is 19.3 Å². The van der Waals surface area contributed by atoms with E-state index in [1.807, 2.05) is 0 Å². The smallest absolute Gasteiger partial charge is 0.306 e. The molecule has 0 aromatic heterocycles. The molecular weight excluding hydrogens is 617 g/mol. The third-order valence-corrected chi connectivity index (χ3v) is 14.7. The summed E-state index contributed by atoms with van der Waals surface area (Å²) in [5, 5.41) is 0. The minimum atomic E-state index is -0.503. The van der Waals surface area contributed by atoms with Gasteiger partial charge >= 0.3 is 5.97 Å². The Labute approximate surface area is 307 Å². The summed E-state index contributed by atoms with van der Waals surface area (Å²) in [4.78, 5) is 26.2. The van der Waals surface area contributed by atoms with E-state index in [1.165, 1.54) is 70.6 Å². The van der Waals surface area contributed by atoms with Crippen LogP contribution in [-0.4, -0.2) is 23.3 Å². The van der Waals surface area contributed by atoms with Crippen molar-refractivity contribution in [3.63, 3.8) is 0 Å². The van der Waals surface area contributed by atoms with Crippen molar-refractivity contribution >= 4 is 5.97 Å². The molecule has 10 atom stereocenters. The number of fused-ring (bicyclic) bond motifs is 2. The van der Waals surface area contributed by atoms with Gasteiger partial charge in [-0.1, -0.05) is 123 Å². The quantitative estimate of drug-likeness (QED) is 0.0586. The molecular formula is C46H74O4. The molecule has 0 aromatic carbocycles. The summed E-state index contributed by atoms with van der Waals surface area (Å²) < 4.78 is 6.13. The first-order valence-corrected chi connectivity index (χ1v) is 21.3. The van der Waals surface area contributed by atoms with Gasteiger partial charge < -0.3 is 4.74 Å². The minimum absolute atomic E-state index is 0.000669. The standard InChI is InChI=1S/C46H74O4/c1-8-9-10-11-12-13-14-15-16-17-18-19-20-21-22-23-42(47)48-38-28-31-44(7)41-29-30-43(6)39(37(5)25-24-36(4)35(2)3)26-27-40(43)46(41)33-32-45(44,34-38)49-50-46/h12-13,15-16,24-25,32-33,35-41H,8-11,14,17-23,26-31,34H2,1-7H3/b13-12-,16-15-,25-24?/t36-,37+,38-,39+,40?,41?,43+,44+,45+,46-/m0/s1. The number of hydrogen-bond acceptors (Lipinski definition) is 4. The Morgan fingerprint density at radius 2 is 1.52 bits per heavy atom. The molecule has 4 fully saturated rings. The van der Waals surface area contributed by atoms with Crippen LogP contribution in [0.1, 0.15) is 170 Å². The Morgan fingerprint density at radius 1 is 0.800 bits per heavy atom. The van der Waals surface area contributed by atoms with Crippen molar-refractivity contribution in [1.29, 1.82) is 0 Å². The first kappa shape index (κ1) is 39.6. The third kappa shape index (κ3) is 8.27. The lowest BCUT2D eigenvalue weighted by molar-refractivity contribution is -0.497. The van der Waals surface area contributed by atoms with Gasteiger partial charge in [-0.25, -0.2) is 9.78 Å². The van der Waals surface area contributed by atoms with Crippen LogP contribution in [0.15, 0.2) is 48.6 Å². The molecule has 4 aliphatic carbocycles. The summed E-state index contributed by atoms with van der Waals surface area (Å²) >= 11 is 0. The van der Waals surface area contributed by atoms with Crippen LogP contribution < -0.4 is 0 Å². The zero-order valence-electron chi connectivity index (χ0n) is 33.2. The van der Waals surface area contributed by atoms with Crippen LogP contribution in [0.5, 0.6) is 0 Å². The second-order valence-corrected chi connectivity index (χ2v) is 18.2. The number of ether oxygens (including phenoxy) is 1. The molecule has 0 aromatic rings. The maximum atomic E-state index is 12.9. The lowest BCUT2D eigenvalue weighted by Gasteiger charge is -2.69. The molecule has 3 saturated carbocycles. The molecule has 6 aliphatic rings. The highest BCUT2D eigenvalue weighted by Crippen LogP contribution is 2.73. The van der Waals surface area contributed by atoms with Gasteiger partial charge in [0.15, 0.2) is 0 Å². The summed E-state index contributed by atoms with van der Waals surface area (Å²) in [6, 6.07) is 0. The van der Waals surface area contributed by atoms with E-state index in [0.717, 1.165) is 38.5 Å². The Bertz CT molecular complexity index is 1210. The monoisotopic (exact) mass is 691 g/mol. The van der Waals surface area contributed by atoms with Crippen molar-refractivity contribution in [3.8, 4) is 0 Å². The Balaban J connectivity index is 1.06. The molecule has 50 heavy (non-hydrogen) atoms. The molecule has 2 heterocycles. The summed E-state index contributed by atoms with van der Waals surface area (Å²) in [6.45, 7) is 16.7. The second-order valence-electron chi connectivity index (χ2n) is 18.2. The first-order chi connectivity index (χ1) is 24.0. The molecule has 2 unspecified atom stereocenters. The topological polar surface area (TPSA) is 44.8 Å². The zero-order chi connectivity index (χ0) is 35.8. The Hall–Kier alpha value is -1.65. The highest BCUT2D eigenvalue weighted by Gasteiger charge is 2.74. The van der Waals surface area contributed by atoms with E-state index in [1.54, 1.807) is 0 Å². The number of carbonyl (C=O) groups is 1. The molecule has 2 aliphatic heterocycles. The van der Waals surface area contributed by atoms with E-state index < -0.39 is 5.60 Å². The average molecular weight is 691 g/mol. The molecule has 1 saturated heterocycles. The van der Waals surface area contributed by atoms with Crippen molar-refractivity contribution in [3.05, 3.63) is 48.6 Å². The van der Waals surface area contributed by atoms with Gasteiger partial charge in [0.25, 0.3) is 0 Å². The first-order valence-electron chi connectivity index (χ1n) is 21.3. The van der Waals surface area contributed by atoms with Gasteiger partial charge in [-0.05, 0) is 112 Å². The molecule has 2 bridgehead atoms. The van der Waals surface area contributed by atoms with Crippen LogP contribution in [0.4, 0.5) is 0 Å². The normalized spacial score (nSPS) is 37.4. The number of allylic oxidation sites excluding steroid dienone is 6. The number of hydrogen-bond donors (Lipinski definition) is 0. The predicted molar refractivity (Wildman–Crippen MR) is 207 cm³/mol. The van der Waals surface area contributed by atoms with Gasteiger partial charge in [0.2, 0.25) is 0 Å². The summed E-state index contributed by atoms with van der Waals surface area (Å²) in [6.07, 6.45) is 40.1. The zero-order valence-corrected chi connectivity index (χ0v) is 33.2. The number of unbranched alkanes of at least 4 members (excludes halogenated alkanes) is 8. The summed E-state index contributed by atoms with van der Waals surface area (Å²) in [5.41, 5.74) is -0.591. The van der Waals surface area contributed by atoms with Gasteiger partial charge in [0.05, 0.1) is 0 Å². The highest BCUT2D eigenvalue weighted by atomic mass is 17.2. The summed E-state index contributed by atoms with van der Waals surface area (Å²) in [7, 11) is 0. The molecule has 0 amide bonds. The molecule has 4 heteroatoms. The van der Waals surface area contributed by atoms with E-state index in [0.29, 0.717) is 48.3 Å². The molecule has 4 nitrogen and oxygen atoms in total. The van der Waals surface area contributed by atoms with Crippen molar-refractivity contribution in [2.45, 2.75) is 188 Å². The number of esters is 1. The van der Waals surface area contributed by atoms with E-state index in [2.05, 4.69) is 97.1 Å². The molecule has 6 rings (SSSR count). The van der Waals surface area contributed by atoms with Crippen LogP contribution in [0.3, 0.4) is 0 Å². The highest BCUT2D eigenvalue weighted by molar-refractivity contribution is 5.69. The lowest BCUT2D eigenvalue weighted by atomic mass is 9.42. The Kier molecular flexibility index (Phi) is 13.8. The van der Waals surface area contributed by atoms with Gasteiger partial charge in [-0.3, -0.25) is 4.79 Å².